The normalized spacial score (nSPS) is 11.0. The molecular formula is C21H16N2O2S2. The molecule has 4 nitrogen and oxygen atoms in total. The van der Waals surface area contributed by atoms with Crippen LogP contribution >= 0.6 is 23.1 Å². The molecule has 2 heterocycles. The van der Waals surface area contributed by atoms with Crippen molar-refractivity contribution in [3.05, 3.63) is 82.6 Å². The number of benzene rings is 2. The van der Waals surface area contributed by atoms with Crippen molar-refractivity contribution >= 4 is 39.1 Å². The zero-order chi connectivity index (χ0) is 18.8. The van der Waals surface area contributed by atoms with E-state index in [9.17, 15) is 9.59 Å². The predicted octanol–water partition coefficient (Wildman–Crippen LogP) is 4.64. The molecule has 0 aliphatic rings. The Balaban J connectivity index is 1.65. The number of carbonyl (C=O) groups is 1. The lowest BCUT2D eigenvalue weighted by atomic mass is 10.2. The summed E-state index contributed by atoms with van der Waals surface area (Å²) in [6.07, 6.45) is 0. The van der Waals surface area contributed by atoms with Gasteiger partial charge in [0.2, 0.25) is 0 Å². The molecule has 4 rings (SSSR count). The standard InChI is InChI=1S/C21H16N2O2S2/c1-23-20(25)16-12-18(15-10-6-3-7-11-15)27-19(16)22-21(23)26-13-17(24)14-8-4-2-5-9-14/h2-12H,13H2,1H3. The molecule has 0 N–H and O–H groups in total. The van der Waals surface area contributed by atoms with E-state index < -0.39 is 0 Å². The van der Waals surface area contributed by atoms with Crippen molar-refractivity contribution in [2.24, 2.45) is 7.05 Å². The summed E-state index contributed by atoms with van der Waals surface area (Å²) in [5, 5.41) is 1.17. The van der Waals surface area contributed by atoms with Crippen LogP contribution in [-0.2, 0) is 7.05 Å². The summed E-state index contributed by atoms with van der Waals surface area (Å²) in [4.78, 5) is 31.4. The molecule has 0 aliphatic carbocycles. The lowest BCUT2D eigenvalue weighted by Gasteiger charge is -2.06. The molecule has 27 heavy (non-hydrogen) atoms. The smallest absolute Gasteiger partial charge is 0.262 e. The Labute approximate surface area is 164 Å². The highest BCUT2D eigenvalue weighted by atomic mass is 32.2. The second-order valence-electron chi connectivity index (χ2n) is 6.03. The Bertz CT molecular complexity index is 1170. The number of aromatic nitrogens is 2. The van der Waals surface area contributed by atoms with Gasteiger partial charge in [0.1, 0.15) is 4.83 Å². The van der Waals surface area contributed by atoms with Gasteiger partial charge in [-0.05, 0) is 11.6 Å². The van der Waals surface area contributed by atoms with Gasteiger partial charge in [0.15, 0.2) is 10.9 Å². The first-order valence-corrected chi connectivity index (χ1v) is 10.2. The maximum absolute atomic E-state index is 12.7. The van der Waals surface area contributed by atoms with E-state index in [2.05, 4.69) is 4.98 Å². The van der Waals surface area contributed by atoms with Crippen LogP contribution in [0, 0.1) is 0 Å². The second kappa shape index (κ2) is 7.50. The topological polar surface area (TPSA) is 52.0 Å². The number of nitrogens with zero attached hydrogens (tertiary/aromatic N) is 2. The number of Topliss-reactive ketones (excluding diaryl/α,β-unsaturated/α-hetero) is 1. The number of thioether (sulfide) groups is 1. The third-order valence-corrected chi connectivity index (χ3v) is 6.33. The Kier molecular flexibility index (Phi) is 4.92. The summed E-state index contributed by atoms with van der Waals surface area (Å²) in [6.45, 7) is 0. The van der Waals surface area contributed by atoms with Gasteiger partial charge < -0.3 is 0 Å². The summed E-state index contributed by atoms with van der Waals surface area (Å²) in [5.74, 6) is 0.262. The number of fused-ring (bicyclic) bond motifs is 1. The maximum atomic E-state index is 12.7. The SMILES string of the molecule is Cn1c(SCC(=O)c2ccccc2)nc2sc(-c3ccccc3)cc2c1=O. The molecule has 0 aliphatic heterocycles. The average molecular weight is 393 g/mol. The van der Waals surface area contributed by atoms with E-state index in [-0.39, 0.29) is 17.1 Å². The van der Waals surface area contributed by atoms with Gasteiger partial charge in [0.05, 0.1) is 11.1 Å². The Morgan fingerprint density at radius 3 is 2.44 bits per heavy atom. The van der Waals surface area contributed by atoms with Gasteiger partial charge in [-0.2, -0.15) is 0 Å². The molecule has 0 radical (unpaired) electrons. The summed E-state index contributed by atoms with van der Waals surface area (Å²) >= 11 is 2.79. The largest absolute Gasteiger partial charge is 0.293 e. The van der Waals surface area contributed by atoms with Gasteiger partial charge >= 0.3 is 0 Å². The van der Waals surface area contributed by atoms with E-state index in [0.717, 1.165) is 10.4 Å². The zero-order valence-electron chi connectivity index (χ0n) is 14.6. The Hall–Kier alpha value is -2.70. The third kappa shape index (κ3) is 3.59. The van der Waals surface area contributed by atoms with E-state index in [4.69, 9.17) is 0 Å². The highest BCUT2D eigenvalue weighted by Crippen LogP contribution is 2.32. The number of thiophene rings is 1. The van der Waals surface area contributed by atoms with Crippen molar-refractivity contribution in [3.63, 3.8) is 0 Å². The molecule has 134 valence electrons. The molecule has 0 saturated heterocycles. The fraction of sp³-hybridized carbons (Fsp3) is 0.0952. The van der Waals surface area contributed by atoms with E-state index >= 15 is 0 Å². The number of hydrogen-bond donors (Lipinski definition) is 0. The lowest BCUT2D eigenvalue weighted by Crippen LogP contribution is -2.19. The lowest BCUT2D eigenvalue weighted by molar-refractivity contribution is 0.102. The van der Waals surface area contributed by atoms with Crippen molar-refractivity contribution < 1.29 is 4.79 Å². The minimum atomic E-state index is -0.0897. The van der Waals surface area contributed by atoms with Crippen LogP contribution in [-0.4, -0.2) is 21.1 Å². The first-order valence-electron chi connectivity index (χ1n) is 8.40. The van der Waals surface area contributed by atoms with E-state index in [1.807, 2.05) is 54.6 Å². The average Bonchev–Trinajstić information content (AvgIpc) is 3.15. The molecule has 0 saturated carbocycles. The number of rotatable bonds is 5. The Morgan fingerprint density at radius 2 is 1.74 bits per heavy atom. The Morgan fingerprint density at radius 1 is 1.07 bits per heavy atom. The molecule has 2 aromatic heterocycles. The van der Waals surface area contributed by atoms with Crippen LogP contribution in [0.1, 0.15) is 10.4 Å². The highest BCUT2D eigenvalue weighted by molar-refractivity contribution is 7.99. The van der Waals surface area contributed by atoms with Crippen LogP contribution in [0.25, 0.3) is 20.7 Å². The first kappa shape index (κ1) is 17.7. The minimum absolute atomic E-state index is 0.0195. The molecule has 2 aromatic carbocycles. The minimum Gasteiger partial charge on any atom is -0.293 e. The van der Waals surface area contributed by atoms with Crippen molar-refractivity contribution in [3.8, 4) is 10.4 Å². The summed E-state index contributed by atoms with van der Waals surface area (Å²) in [5.41, 5.74) is 1.64. The van der Waals surface area contributed by atoms with Gasteiger partial charge in [-0.15, -0.1) is 11.3 Å². The van der Waals surface area contributed by atoms with Gasteiger partial charge in [0, 0.05) is 17.5 Å². The van der Waals surface area contributed by atoms with Crippen LogP contribution in [0.2, 0.25) is 0 Å². The molecule has 0 unspecified atom stereocenters. The van der Waals surface area contributed by atoms with E-state index in [1.54, 1.807) is 19.2 Å². The van der Waals surface area contributed by atoms with Crippen molar-refractivity contribution in [2.45, 2.75) is 5.16 Å². The number of carbonyl (C=O) groups excluding carboxylic acids is 1. The van der Waals surface area contributed by atoms with Crippen LogP contribution in [0.5, 0.6) is 0 Å². The summed E-state index contributed by atoms with van der Waals surface area (Å²) in [6, 6.07) is 21.0. The third-order valence-electron chi connectivity index (χ3n) is 4.22. The van der Waals surface area contributed by atoms with Gasteiger partial charge in [0.25, 0.3) is 5.56 Å². The van der Waals surface area contributed by atoms with Gasteiger partial charge in [-0.3, -0.25) is 14.2 Å². The monoisotopic (exact) mass is 392 g/mol. The molecular weight excluding hydrogens is 376 g/mol. The summed E-state index contributed by atoms with van der Waals surface area (Å²) < 4.78 is 1.52. The fourth-order valence-electron chi connectivity index (χ4n) is 2.76. The van der Waals surface area contributed by atoms with Crippen LogP contribution in [0.3, 0.4) is 0 Å². The highest BCUT2D eigenvalue weighted by Gasteiger charge is 2.15. The van der Waals surface area contributed by atoms with E-state index in [0.29, 0.717) is 20.9 Å². The van der Waals surface area contributed by atoms with E-state index in [1.165, 1.54) is 27.7 Å². The molecule has 0 amide bonds. The second-order valence-corrected chi connectivity index (χ2v) is 8.01. The van der Waals surface area contributed by atoms with Crippen molar-refractivity contribution in [2.75, 3.05) is 5.75 Å². The van der Waals surface area contributed by atoms with Gasteiger partial charge in [-0.1, -0.05) is 72.4 Å². The van der Waals surface area contributed by atoms with Crippen LogP contribution in [0.15, 0.2) is 76.7 Å². The quantitative estimate of drug-likeness (QED) is 0.282. The molecule has 0 spiro atoms. The van der Waals surface area contributed by atoms with Crippen LogP contribution in [0.4, 0.5) is 0 Å². The van der Waals surface area contributed by atoms with Crippen molar-refractivity contribution in [1.29, 1.82) is 0 Å². The molecule has 6 heteroatoms. The molecule has 4 aromatic rings. The fourth-order valence-corrected chi connectivity index (χ4v) is 4.70. The molecule has 0 bridgehead atoms. The molecule has 0 fully saturated rings. The summed E-state index contributed by atoms with van der Waals surface area (Å²) in [7, 11) is 1.70. The maximum Gasteiger partial charge on any atom is 0.262 e. The van der Waals surface area contributed by atoms with Crippen molar-refractivity contribution in [1.82, 2.24) is 9.55 Å². The zero-order valence-corrected chi connectivity index (χ0v) is 16.2. The van der Waals surface area contributed by atoms with Crippen LogP contribution < -0.4 is 5.56 Å². The predicted molar refractivity (Wildman–Crippen MR) is 112 cm³/mol. The number of hydrogen-bond acceptors (Lipinski definition) is 5. The number of ketones is 1. The van der Waals surface area contributed by atoms with Gasteiger partial charge in [-0.25, -0.2) is 4.98 Å². The first-order chi connectivity index (χ1) is 13.1. The molecule has 0 atom stereocenters.